The van der Waals surface area contributed by atoms with Crippen LogP contribution >= 0.6 is 0 Å². The Morgan fingerprint density at radius 3 is 2.65 bits per heavy atom. The second-order valence-electron chi connectivity index (χ2n) is 4.00. The van der Waals surface area contributed by atoms with Crippen molar-refractivity contribution in [2.75, 3.05) is 37.9 Å². The summed E-state index contributed by atoms with van der Waals surface area (Å²) in [5.74, 6) is -0.304. The molecule has 1 aromatic rings. The minimum atomic E-state index is -4.44. The van der Waals surface area contributed by atoms with Crippen molar-refractivity contribution in [1.29, 1.82) is 0 Å². The molecule has 1 amide bonds. The Kier molecular flexibility index (Phi) is 5.63. The number of benzene rings is 1. The van der Waals surface area contributed by atoms with Gasteiger partial charge < -0.3 is 21.1 Å². The van der Waals surface area contributed by atoms with E-state index in [1.807, 2.05) is 0 Å². The van der Waals surface area contributed by atoms with E-state index in [0.29, 0.717) is 13.2 Å². The number of alkyl halides is 3. The third-order valence-electron chi connectivity index (χ3n) is 2.45. The van der Waals surface area contributed by atoms with E-state index in [4.69, 9.17) is 10.5 Å². The minimum absolute atomic E-state index is 0.0653. The van der Waals surface area contributed by atoms with Gasteiger partial charge >= 0.3 is 6.18 Å². The first kappa shape index (κ1) is 16.1. The Hall–Kier alpha value is -1.96. The molecule has 0 aliphatic rings. The number of hydrogen-bond acceptors (Lipinski definition) is 4. The number of carbonyl (C=O) groups is 1. The highest BCUT2D eigenvalue weighted by Crippen LogP contribution is 2.32. The lowest BCUT2D eigenvalue weighted by Gasteiger charge is -2.12. The summed E-state index contributed by atoms with van der Waals surface area (Å²) in [6, 6.07) is 2.92. The molecule has 0 fully saturated rings. The van der Waals surface area contributed by atoms with Gasteiger partial charge in [0, 0.05) is 13.7 Å². The van der Waals surface area contributed by atoms with Crippen LogP contribution in [0.1, 0.15) is 5.56 Å². The number of hydrogen-bond donors (Lipinski definition) is 3. The fraction of sp³-hybridized carbons (Fsp3) is 0.417. The quantitative estimate of drug-likeness (QED) is 0.548. The normalized spacial score (nSPS) is 11.2. The summed E-state index contributed by atoms with van der Waals surface area (Å²) < 4.78 is 42.1. The van der Waals surface area contributed by atoms with Crippen LogP contribution in [0.15, 0.2) is 18.2 Å². The van der Waals surface area contributed by atoms with Crippen molar-refractivity contribution in [3.05, 3.63) is 23.8 Å². The van der Waals surface area contributed by atoms with E-state index in [1.165, 1.54) is 13.2 Å². The van der Waals surface area contributed by atoms with E-state index < -0.39 is 11.7 Å². The van der Waals surface area contributed by atoms with Gasteiger partial charge in [0.25, 0.3) is 0 Å². The number of anilines is 2. The standard InChI is InChI=1S/C12H16F3N3O2/c1-20-5-4-17-11(19)7-18-10-3-2-8(6-9(10)16)12(13,14)15/h2-3,6,18H,4-5,7,16H2,1H3,(H,17,19). The zero-order chi connectivity index (χ0) is 15.2. The first-order valence-corrected chi connectivity index (χ1v) is 5.81. The zero-order valence-corrected chi connectivity index (χ0v) is 10.9. The molecule has 0 bridgehead atoms. The molecule has 4 N–H and O–H groups in total. The number of nitrogens with two attached hydrogens (primary N) is 1. The van der Waals surface area contributed by atoms with Gasteiger partial charge in [0.1, 0.15) is 0 Å². The third kappa shape index (κ3) is 4.96. The number of ether oxygens (including phenoxy) is 1. The highest BCUT2D eigenvalue weighted by atomic mass is 19.4. The van der Waals surface area contributed by atoms with Crippen molar-refractivity contribution in [3.8, 4) is 0 Å². The summed E-state index contributed by atoms with van der Waals surface area (Å²) in [6.07, 6.45) is -4.44. The van der Waals surface area contributed by atoms with Gasteiger partial charge in [0.2, 0.25) is 5.91 Å². The smallest absolute Gasteiger partial charge is 0.397 e. The molecule has 5 nitrogen and oxygen atoms in total. The van der Waals surface area contributed by atoms with Crippen molar-refractivity contribution in [2.45, 2.75) is 6.18 Å². The molecule has 0 aromatic heterocycles. The van der Waals surface area contributed by atoms with E-state index in [-0.39, 0.29) is 23.8 Å². The van der Waals surface area contributed by atoms with Gasteiger partial charge in [0.15, 0.2) is 0 Å². The largest absolute Gasteiger partial charge is 0.416 e. The molecule has 0 unspecified atom stereocenters. The minimum Gasteiger partial charge on any atom is -0.397 e. The molecule has 0 spiro atoms. The lowest BCUT2D eigenvalue weighted by molar-refractivity contribution is -0.137. The van der Waals surface area contributed by atoms with Crippen LogP contribution in [-0.4, -0.2) is 32.7 Å². The van der Waals surface area contributed by atoms with Gasteiger partial charge in [-0.25, -0.2) is 0 Å². The summed E-state index contributed by atoms with van der Waals surface area (Å²) >= 11 is 0. The highest BCUT2D eigenvalue weighted by molar-refractivity contribution is 5.82. The number of halogens is 3. The molecule has 112 valence electrons. The third-order valence-corrected chi connectivity index (χ3v) is 2.45. The summed E-state index contributed by atoms with van der Waals surface area (Å²) in [5, 5.41) is 5.23. The Morgan fingerprint density at radius 2 is 2.10 bits per heavy atom. The number of nitrogen functional groups attached to an aromatic ring is 1. The molecule has 0 atom stereocenters. The highest BCUT2D eigenvalue weighted by Gasteiger charge is 2.30. The first-order valence-electron chi connectivity index (χ1n) is 5.81. The topological polar surface area (TPSA) is 76.4 Å². The van der Waals surface area contributed by atoms with E-state index in [9.17, 15) is 18.0 Å². The number of methoxy groups -OCH3 is 1. The fourth-order valence-electron chi connectivity index (χ4n) is 1.43. The van der Waals surface area contributed by atoms with Gasteiger partial charge in [0.05, 0.1) is 30.1 Å². The molecule has 0 aliphatic carbocycles. The second-order valence-corrected chi connectivity index (χ2v) is 4.00. The second kappa shape index (κ2) is 6.99. The number of rotatable bonds is 6. The SMILES string of the molecule is COCCNC(=O)CNc1ccc(C(F)(F)F)cc1N. The zero-order valence-electron chi connectivity index (χ0n) is 10.9. The Morgan fingerprint density at radius 1 is 1.40 bits per heavy atom. The molecule has 0 heterocycles. The molecule has 8 heteroatoms. The maximum Gasteiger partial charge on any atom is 0.416 e. The number of amides is 1. The van der Waals surface area contributed by atoms with Gasteiger partial charge in [-0.05, 0) is 18.2 Å². The molecule has 0 radical (unpaired) electrons. The predicted octanol–water partition coefficient (Wildman–Crippen LogP) is 1.46. The Labute approximate surface area is 114 Å². The molecule has 20 heavy (non-hydrogen) atoms. The summed E-state index contributed by atoms with van der Waals surface area (Å²) in [5.41, 5.74) is 4.90. The van der Waals surface area contributed by atoms with Crippen LogP contribution in [0.4, 0.5) is 24.5 Å². The maximum absolute atomic E-state index is 12.4. The van der Waals surface area contributed by atoms with Gasteiger partial charge in [-0.3, -0.25) is 4.79 Å². The molecule has 0 saturated carbocycles. The van der Waals surface area contributed by atoms with Crippen molar-refractivity contribution in [2.24, 2.45) is 0 Å². The average molecular weight is 291 g/mol. The van der Waals surface area contributed by atoms with Crippen LogP contribution in [0.3, 0.4) is 0 Å². The molecule has 0 aliphatic heterocycles. The average Bonchev–Trinajstić information content (AvgIpc) is 2.36. The molecule has 0 saturated heterocycles. The van der Waals surface area contributed by atoms with Crippen LogP contribution in [0.25, 0.3) is 0 Å². The van der Waals surface area contributed by atoms with E-state index in [2.05, 4.69) is 10.6 Å². The number of nitrogens with one attached hydrogen (secondary N) is 2. The molecule has 1 rings (SSSR count). The number of carbonyl (C=O) groups excluding carboxylic acids is 1. The van der Waals surface area contributed by atoms with Crippen LogP contribution in [0.2, 0.25) is 0 Å². The predicted molar refractivity (Wildman–Crippen MR) is 69.2 cm³/mol. The van der Waals surface area contributed by atoms with E-state index in [0.717, 1.165) is 12.1 Å². The molecular weight excluding hydrogens is 275 g/mol. The summed E-state index contributed by atoms with van der Waals surface area (Å²) in [4.78, 5) is 11.4. The van der Waals surface area contributed by atoms with Crippen molar-refractivity contribution in [1.82, 2.24) is 5.32 Å². The van der Waals surface area contributed by atoms with Gasteiger partial charge in [-0.15, -0.1) is 0 Å². The van der Waals surface area contributed by atoms with Crippen LogP contribution in [-0.2, 0) is 15.7 Å². The molecular formula is C12H16F3N3O2. The Bertz CT molecular complexity index is 464. The summed E-state index contributed by atoms with van der Waals surface area (Å²) in [6.45, 7) is 0.660. The van der Waals surface area contributed by atoms with Gasteiger partial charge in [-0.1, -0.05) is 0 Å². The van der Waals surface area contributed by atoms with Crippen LogP contribution < -0.4 is 16.4 Å². The van der Waals surface area contributed by atoms with E-state index >= 15 is 0 Å². The fourth-order valence-corrected chi connectivity index (χ4v) is 1.43. The van der Waals surface area contributed by atoms with Crippen molar-refractivity contribution in [3.63, 3.8) is 0 Å². The van der Waals surface area contributed by atoms with Crippen LogP contribution in [0, 0.1) is 0 Å². The molecule has 1 aromatic carbocycles. The Balaban J connectivity index is 2.55. The monoisotopic (exact) mass is 291 g/mol. The van der Waals surface area contributed by atoms with Crippen molar-refractivity contribution < 1.29 is 22.7 Å². The van der Waals surface area contributed by atoms with Crippen molar-refractivity contribution >= 4 is 17.3 Å². The lowest BCUT2D eigenvalue weighted by atomic mass is 10.1. The lowest BCUT2D eigenvalue weighted by Crippen LogP contribution is -2.32. The summed E-state index contributed by atoms with van der Waals surface area (Å²) in [7, 11) is 1.51. The maximum atomic E-state index is 12.4. The van der Waals surface area contributed by atoms with Crippen LogP contribution in [0.5, 0.6) is 0 Å². The van der Waals surface area contributed by atoms with Gasteiger partial charge in [-0.2, -0.15) is 13.2 Å². The van der Waals surface area contributed by atoms with E-state index in [1.54, 1.807) is 0 Å². The first-order chi connectivity index (χ1) is 9.34.